The van der Waals surface area contributed by atoms with E-state index in [1.54, 1.807) is 18.2 Å². The molecule has 0 aromatic carbocycles. The Balaban J connectivity index is -0.000000656. The second-order valence-electron chi connectivity index (χ2n) is 6.90. The normalized spacial score (nSPS) is 9.00. The number of hydrogen-bond donors (Lipinski definition) is 1. The van der Waals surface area contributed by atoms with Crippen molar-refractivity contribution in [1.29, 1.82) is 5.26 Å². The quantitative estimate of drug-likeness (QED) is 0.154. The number of nitrogens with zero attached hydrogens (tertiary/aromatic N) is 1. The van der Waals surface area contributed by atoms with E-state index in [1.807, 2.05) is 0 Å². The summed E-state index contributed by atoms with van der Waals surface area (Å²) < 4.78 is 0. The molecular formula is C25H45NO2. The van der Waals surface area contributed by atoms with Gasteiger partial charge in [0, 0.05) is 12.5 Å². The maximum Gasteiger partial charge on any atom is 0.303 e. The van der Waals surface area contributed by atoms with Crippen molar-refractivity contribution >= 4 is 5.97 Å². The predicted molar refractivity (Wildman–Crippen MR) is 123 cm³/mol. The Morgan fingerprint density at radius 3 is 1.25 bits per heavy atom. The van der Waals surface area contributed by atoms with Gasteiger partial charge >= 0.3 is 5.97 Å². The molecule has 0 radical (unpaired) electrons. The highest BCUT2D eigenvalue weighted by atomic mass is 16.4. The minimum Gasteiger partial charge on any atom is -0.481 e. The lowest BCUT2D eigenvalue weighted by Gasteiger charge is -2.03. The fourth-order valence-electron chi connectivity index (χ4n) is 2.65. The van der Waals surface area contributed by atoms with Gasteiger partial charge in [-0.05, 0) is 6.42 Å². The number of unbranched alkanes of at least 4 members (excludes halogenated alkanes) is 14. The summed E-state index contributed by atoms with van der Waals surface area (Å²) in [5, 5.41) is 16.0. The molecular weight excluding hydrogens is 346 g/mol. The van der Waals surface area contributed by atoms with Crippen molar-refractivity contribution in [2.75, 3.05) is 0 Å². The van der Waals surface area contributed by atoms with Gasteiger partial charge < -0.3 is 5.11 Å². The number of carboxylic acids is 1. The molecule has 28 heavy (non-hydrogen) atoms. The van der Waals surface area contributed by atoms with Crippen LogP contribution in [-0.2, 0) is 4.79 Å². The summed E-state index contributed by atoms with van der Waals surface area (Å²) in [4.78, 5) is 10.3. The molecule has 1 N–H and O–H groups in total. The highest BCUT2D eigenvalue weighted by Crippen LogP contribution is 2.13. The third-order valence-electron chi connectivity index (χ3n) is 4.25. The Labute approximate surface area is 175 Å². The lowest BCUT2D eigenvalue weighted by Crippen LogP contribution is -1.93. The molecule has 0 aromatic rings. The average Bonchev–Trinajstić information content (AvgIpc) is 2.71. The molecule has 0 aliphatic carbocycles. The largest absolute Gasteiger partial charge is 0.481 e. The number of carboxylic acid groups (broad SMARTS) is 1. The second kappa shape index (κ2) is 32.8. The molecule has 0 bridgehead atoms. The van der Waals surface area contributed by atoms with Crippen LogP contribution in [0.15, 0.2) is 38.0 Å². The molecule has 162 valence electrons. The molecule has 0 aromatic heterocycles. The fourth-order valence-corrected chi connectivity index (χ4v) is 2.65. The molecule has 0 fully saturated rings. The minimum atomic E-state index is -0.653. The summed E-state index contributed by atoms with van der Waals surface area (Å²) in [7, 11) is 0. The highest BCUT2D eigenvalue weighted by Gasteiger charge is 1.97. The van der Waals surface area contributed by atoms with E-state index in [1.165, 1.54) is 89.5 Å². The average molecular weight is 392 g/mol. The zero-order chi connectivity index (χ0) is 21.7. The smallest absolute Gasteiger partial charge is 0.303 e. The molecule has 0 saturated carbocycles. The van der Waals surface area contributed by atoms with Crippen LogP contribution in [-0.4, -0.2) is 11.1 Å². The lowest BCUT2D eigenvalue weighted by atomic mass is 10.0. The molecule has 0 unspecified atom stereocenters. The molecule has 0 aliphatic rings. The SMILES string of the molecule is C=CC#N.C=CC=C.CCCCCCCCCCCCCCCCCC(=O)O. The molecule has 0 saturated heterocycles. The van der Waals surface area contributed by atoms with Crippen LogP contribution in [0.4, 0.5) is 0 Å². The van der Waals surface area contributed by atoms with Gasteiger partial charge in [-0.3, -0.25) is 4.79 Å². The van der Waals surface area contributed by atoms with Crippen molar-refractivity contribution in [3.8, 4) is 6.07 Å². The van der Waals surface area contributed by atoms with E-state index in [2.05, 4.69) is 26.7 Å². The first-order valence-corrected chi connectivity index (χ1v) is 11.1. The van der Waals surface area contributed by atoms with Crippen LogP contribution in [0.1, 0.15) is 110 Å². The first kappa shape index (κ1) is 30.9. The maximum absolute atomic E-state index is 10.3. The first-order chi connectivity index (χ1) is 13.6. The third kappa shape index (κ3) is 44.0. The van der Waals surface area contributed by atoms with Crippen molar-refractivity contribution in [2.45, 2.75) is 110 Å². The van der Waals surface area contributed by atoms with E-state index >= 15 is 0 Å². The summed E-state index contributed by atoms with van der Waals surface area (Å²) in [6.07, 6.45) is 24.7. The van der Waals surface area contributed by atoms with Crippen molar-refractivity contribution in [2.24, 2.45) is 0 Å². The Morgan fingerprint density at radius 2 is 1.04 bits per heavy atom. The third-order valence-corrected chi connectivity index (χ3v) is 4.25. The van der Waals surface area contributed by atoms with Gasteiger partial charge in [-0.2, -0.15) is 5.26 Å². The number of hydrogen-bond acceptors (Lipinski definition) is 2. The fraction of sp³-hybridized carbons (Fsp3) is 0.680. The number of aliphatic carboxylic acids is 1. The van der Waals surface area contributed by atoms with E-state index < -0.39 is 5.97 Å². The van der Waals surface area contributed by atoms with Crippen LogP contribution >= 0.6 is 0 Å². The highest BCUT2D eigenvalue weighted by molar-refractivity contribution is 5.66. The Kier molecular flexibility index (Phi) is 36.2. The number of rotatable bonds is 17. The maximum atomic E-state index is 10.3. The van der Waals surface area contributed by atoms with E-state index in [9.17, 15) is 4.79 Å². The molecule has 0 amide bonds. The Hall–Kier alpha value is -1.82. The van der Waals surface area contributed by atoms with Gasteiger partial charge in [-0.25, -0.2) is 0 Å². The van der Waals surface area contributed by atoms with Gasteiger partial charge in [-0.1, -0.05) is 129 Å². The predicted octanol–water partition coefficient (Wildman–Crippen LogP) is 8.39. The standard InChI is InChI=1S/C18H36O2.C4H6.C3H3N/c1-2-3-4-5-6-7-8-9-10-11-12-13-14-15-16-17-18(19)20;1-3-4-2;1-2-3-4/h2-17H2,1H3,(H,19,20);3-4H,1-2H2;2H,1H2. The summed E-state index contributed by atoms with van der Waals surface area (Å²) in [6.45, 7) is 12.1. The van der Waals surface area contributed by atoms with E-state index in [0.29, 0.717) is 6.42 Å². The van der Waals surface area contributed by atoms with Crippen LogP contribution < -0.4 is 0 Å². The van der Waals surface area contributed by atoms with Crippen LogP contribution in [0.5, 0.6) is 0 Å². The van der Waals surface area contributed by atoms with Crippen molar-refractivity contribution in [3.05, 3.63) is 38.0 Å². The van der Waals surface area contributed by atoms with Crippen LogP contribution in [0, 0.1) is 11.3 Å². The van der Waals surface area contributed by atoms with E-state index in [-0.39, 0.29) is 0 Å². The lowest BCUT2D eigenvalue weighted by molar-refractivity contribution is -0.137. The zero-order valence-corrected chi connectivity index (χ0v) is 18.5. The second-order valence-corrected chi connectivity index (χ2v) is 6.90. The van der Waals surface area contributed by atoms with Crippen LogP contribution in [0.2, 0.25) is 0 Å². The number of carbonyl (C=O) groups is 1. The molecule has 0 rings (SSSR count). The molecule has 3 heteroatoms. The van der Waals surface area contributed by atoms with E-state index in [4.69, 9.17) is 10.4 Å². The molecule has 3 nitrogen and oxygen atoms in total. The van der Waals surface area contributed by atoms with E-state index in [0.717, 1.165) is 12.8 Å². The molecule has 0 aliphatic heterocycles. The summed E-state index contributed by atoms with van der Waals surface area (Å²) in [5.74, 6) is -0.653. The number of allylic oxidation sites excluding steroid dienone is 3. The van der Waals surface area contributed by atoms with Gasteiger partial charge in [0.05, 0.1) is 6.07 Å². The van der Waals surface area contributed by atoms with Crippen LogP contribution in [0.25, 0.3) is 0 Å². The van der Waals surface area contributed by atoms with Gasteiger partial charge in [0.2, 0.25) is 0 Å². The van der Waals surface area contributed by atoms with Gasteiger partial charge in [0.25, 0.3) is 0 Å². The topological polar surface area (TPSA) is 61.1 Å². The monoisotopic (exact) mass is 391 g/mol. The summed E-state index contributed by atoms with van der Waals surface area (Å²) in [6, 6.07) is 1.69. The first-order valence-electron chi connectivity index (χ1n) is 11.1. The molecule has 0 atom stereocenters. The van der Waals surface area contributed by atoms with Crippen molar-refractivity contribution in [3.63, 3.8) is 0 Å². The summed E-state index contributed by atoms with van der Waals surface area (Å²) in [5.41, 5.74) is 0. The molecule has 0 spiro atoms. The van der Waals surface area contributed by atoms with Gasteiger partial charge in [0.15, 0.2) is 0 Å². The minimum absolute atomic E-state index is 0.345. The Bertz CT molecular complexity index is 376. The van der Waals surface area contributed by atoms with Crippen molar-refractivity contribution < 1.29 is 9.90 Å². The zero-order valence-electron chi connectivity index (χ0n) is 18.5. The van der Waals surface area contributed by atoms with Gasteiger partial charge in [-0.15, -0.1) is 0 Å². The van der Waals surface area contributed by atoms with Crippen LogP contribution in [0.3, 0.4) is 0 Å². The summed E-state index contributed by atoms with van der Waals surface area (Å²) >= 11 is 0. The molecule has 0 heterocycles. The van der Waals surface area contributed by atoms with Gasteiger partial charge in [0.1, 0.15) is 0 Å². The Morgan fingerprint density at radius 1 is 0.750 bits per heavy atom. The number of nitriles is 1. The van der Waals surface area contributed by atoms with Crippen molar-refractivity contribution in [1.82, 2.24) is 0 Å².